The molecule has 0 radical (unpaired) electrons. The summed E-state index contributed by atoms with van der Waals surface area (Å²) in [5.74, 6) is 0. The summed E-state index contributed by atoms with van der Waals surface area (Å²) >= 11 is 0. The average Bonchev–Trinajstić information content (AvgIpc) is 2.96. The number of rotatable bonds is 15. The van der Waals surface area contributed by atoms with Crippen LogP contribution < -0.4 is 16.0 Å². The quantitative estimate of drug-likeness (QED) is 0.165. The Kier molecular flexibility index (Phi) is 13.4. The minimum Gasteiger partial charge on any atom is -0.444 e. The number of benzene rings is 3. The van der Waals surface area contributed by atoms with Gasteiger partial charge in [-0.05, 0) is 64.2 Å². The molecular weight excluding hydrogens is 570 g/mol. The average molecular weight is 620 g/mol. The lowest BCUT2D eigenvalue weighted by Crippen LogP contribution is -2.53. The van der Waals surface area contributed by atoms with Crippen molar-refractivity contribution in [3.8, 4) is 0 Å². The molecule has 0 heterocycles. The fourth-order valence-corrected chi connectivity index (χ4v) is 4.98. The fourth-order valence-electron chi connectivity index (χ4n) is 4.98. The Morgan fingerprint density at radius 2 is 1.00 bits per heavy atom. The Balaban J connectivity index is 1.62. The van der Waals surface area contributed by atoms with Crippen LogP contribution in [0.2, 0.25) is 0 Å². The molecule has 0 spiro atoms. The molecule has 0 aromatic heterocycles. The number of hydrogen-bond donors (Lipinski definition) is 5. The van der Waals surface area contributed by atoms with Crippen molar-refractivity contribution >= 4 is 12.2 Å². The van der Waals surface area contributed by atoms with Crippen LogP contribution in [0, 0.1) is 0 Å². The molecule has 0 aliphatic rings. The van der Waals surface area contributed by atoms with Crippen LogP contribution in [0.3, 0.4) is 0 Å². The van der Waals surface area contributed by atoms with Gasteiger partial charge in [0.1, 0.15) is 11.2 Å². The topological polar surface area (TPSA) is 129 Å². The molecule has 2 amide bonds. The van der Waals surface area contributed by atoms with E-state index < -0.39 is 47.7 Å². The molecule has 3 aromatic rings. The van der Waals surface area contributed by atoms with Crippen LogP contribution in [0.1, 0.15) is 51.3 Å². The van der Waals surface area contributed by atoms with Gasteiger partial charge in [0.05, 0.1) is 24.3 Å². The predicted molar refractivity (Wildman–Crippen MR) is 176 cm³/mol. The number of aliphatic hydroxyl groups excluding tert-OH is 2. The molecule has 3 rings (SSSR count). The van der Waals surface area contributed by atoms with Crippen molar-refractivity contribution in [1.82, 2.24) is 16.0 Å². The summed E-state index contributed by atoms with van der Waals surface area (Å²) in [4.78, 5) is 25.6. The third kappa shape index (κ3) is 13.7. The van der Waals surface area contributed by atoms with Crippen LogP contribution in [0.15, 0.2) is 91.0 Å². The molecule has 244 valence electrons. The van der Waals surface area contributed by atoms with Crippen LogP contribution in [0.5, 0.6) is 0 Å². The number of nitrogens with one attached hydrogen (secondary N) is 3. The van der Waals surface area contributed by atoms with Gasteiger partial charge in [-0.25, -0.2) is 9.59 Å². The van der Waals surface area contributed by atoms with Crippen molar-refractivity contribution in [2.75, 3.05) is 13.1 Å². The summed E-state index contributed by atoms with van der Waals surface area (Å²) in [6.45, 7) is 9.18. The molecule has 9 heteroatoms. The Labute approximate surface area is 267 Å². The zero-order valence-electron chi connectivity index (χ0n) is 27.0. The monoisotopic (exact) mass is 619 g/mol. The third-order valence-electron chi connectivity index (χ3n) is 7.08. The lowest BCUT2D eigenvalue weighted by atomic mass is 9.98. The molecule has 0 bridgehead atoms. The van der Waals surface area contributed by atoms with Crippen LogP contribution in [-0.4, -0.2) is 71.0 Å². The molecule has 3 aromatic carbocycles. The highest BCUT2D eigenvalue weighted by Gasteiger charge is 2.29. The maximum atomic E-state index is 13.0. The first-order valence-electron chi connectivity index (χ1n) is 15.5. The maximum Gasteiger partial charge on any atom is 0.407 e. The summed E-state index contributed by atoms with van der Waals surface area (Å²) in [5.41, 5.74) is 1.47. The highest BCUT2D eigenvalue weighted by atomic mass is 16.6. The molecule has 0 aliphatic carbocycles. The molecule has 0 unspecified atom stereocenters. The van der Waals surface area contributed by atoms with Crippen LogP contribution in [0.4, 0.5) is 9.59 Å². The Bertz CT molecular complexity index is 1300. The highest BCUT2D eigenvalue weighted by Crippen LogP contribution is 2.18. The Morgan fingerprint density at radius 1 is 0.622 bits per heavy atom. The largest absolute Gasteiger partial charge is 0.444 e. The molecule has 0 saturated carbocycles. The second-order valence-corrected chi connectivity index (χ2v) is 13.0. The SMILES string of the molecule is CC(C)(C)OC(=O)N[C@@H](Cc1ccccc1)[C@H](O)CNC[C@@H](O)[C@H](Cc1ccccc1)NC(=O)OC(C)(C)Cc1ccccc1. The van der Waals surface area contributed by atoms with Crippen molar-refractivity contribution < 1.29 is 29.3 Å². The van der Waals surface area contributed by atoms with Crippen molar-refractivity contribution in [1.29, 1.82) is 0 Å². The van der Waals surface area contributed by atoms with Crippen molar-refractivity contribution in [2.45, 2.75) is 89.4 Å². The number of hydrogen-bond acceptors (Lipinski definition) is 7. The second kappa shape index (κ2) is 17.0. The van der Waals surface area contributed by atoms with Crippen LogP contribution >= 0.6 is 0 Å². The highest BCUT2D eigenvalue weighted by molar-refractivity contribution is 5.68. The molecule has 9 nitrogen and oxygen atoms in total. The van der Waals surface area contributed by atoms with E-state index in [-0.39, 0.29) is 13.1 Å². The molecular formula is C36H49N3O6. The van der Waals surface area contributed by atoms with E-state index in [1.54, 1.807) is 20.8 Å². The van der Waals surface area contributed by atoms with Gasteiger partial charge in [0, 0.05) is 19.5 Å². The van der Waals surface area contributed by atoms with Crippen LogP contribution in [0.25, 0.3) is 0 Å². The first kappa shape index (κ1) is 35.6. The van der Waals surface area contributed by atoms with E-state index in [1.807, 2.05) is 105 Å². The van der Waals surface area contributed by atoms with Gasteiger partial charge in [-0.2, -0.15) is 0 Å². The second-order valence-electron chi connectivity index (χ2n) is 13.0. The zero-order chi connectivity index (χ0) is 32.9. The Morgan fingerprint density at radius 3 is 1.40 bits per heavy atom. The summed E-state index contributed by atoms with van der Waals surface area (Å²) in [7, 11) is 0. The fraction of sp³-hybridized carbons (Fsp3) is 0.444. The first-order valence-corrected chi connectivity index (χ1v) is 15.5. The normalized spacial score (nSPS) is 14.5. The molecule has 5 N–H and O–H groups in total. The van der Waals surface area contributed by atoms with Crippen molar-refractivity contribution in [3.05, 3.63) is 108 Å². The Hall–Kier alpha value is -3.92. The minimum absolute atomic E-state index is 0.0761. The van der Waals surface area contributed by atoms with Gasteiger partial charge >= 0.3 is 12.2 Å². The maximum absolute atomic E-state index is 13.0. The van der Waals surface area contributed by atoms with Crippen molar-refractivity contribution in [3.63, 3.8) is 0 Å². The predicted octanol–water partition coefficient (Wildman–Crippen LogP) is 4.79. The lowest BCUT2D eigenvalue weighted by molar-refractivity contribution is 0.0302. The molecule has 0 aliphatic heterocycles. The summed E-state index contributed by atoms with van der Waals surface area (Å²) < 4.78 is 11.2. The van der Waals surface area contributed by atoms with Gasteiger partial charge in [-0.15, -0.1) is 0 Å². The first-order chi connectivity index (χ1) is 21.3. The van der Waals surface area contributed by atoms with E-state index in [0.29, 0.717) is 19.3 Å². The van der Waals surface area contributed by atoms with Crippen molar-refractivity contribution in [2.24, 2.45) is 0 Å². The summed E-state index contributed by atoms with van der Waals surface area (Å²) in [6.07, 6.45) is -1.95. The van der Waals surface area contributed by atoms with Gasteiger partial charge in [0.2, 0.25) is 0 Å². The minimum atomic E-state index is -1.01. The standard InChI is InChI=1S/C36H49N3O6/c1-35(2,3)44-33(42)38-29(21-26-15-9-6-10-16-26)31(40)24-37-25-32(41)30(22-27-17-11-7-12-18-27)39-34(43)45-36(4,5)23-28-19-13-8-14-20-28/h6-20,29-32,37,40-41H,21-25H2,1-5H3,(H,38,42)(H,39,43)/t29-,30-,31+,32+/m0/s1. The number of aliphatic hydroxyl groups is 2. The number of carbonyl (C=O) groups excluding carboxylic acids is 2. The number of alkyl carbamates (subject to hydrolysis) is 2. The lowest BCUT2D eigenvalue weighted by Gasteiger charge is -2.30. The van der Waals surface area contributed by atoms with Gasteiger partial charge in [-0.1, -0.05) is 91.0 Å². The van der Waals surface area contributed by atoms with E-state index in [2.05, 4.69) is 16.0 Å². The smallest absolute Gasteiger partial charge is 0.407 e. The van der Waals surface area contributed by atoms with Gasteiger partial charge in [-0.3, -0.25) is 0 Å². The number of ether oxygens (including phenoxy) is 2. The van der Waals surface area contributed by atoms with E-state index in [1.165, 1.54) is 0 Å². The summed E-state index contributed by atoms with van der Waals surface area (Å²) in [6, 6.07) is 27.6. The molecule has 0 saturated heterocycles. The number of amides is 2. The third-order valence-corrected chi connectivity index (χ3v) is 7.08. The van der Waals surface area contributed by atoms with Gasteiger partial charge < -0.3 is 35.6 Å². The van der Waals surface area contributed by atoms with E-state index in [0.717, 1.165) is 16.7 Å². The molecule has 4 atom stereocenters. The zero-order valence-corrected chi connectivity index (χ0v) is 27.0. The molecule has 0 fully saturated rings. The van der Waals surface area contributed by atoms with E-state index >= 15 is 0 Å². The van der Waals surface area contributed by atoms with Gasteiger partial charge in [0.25, 0.3) is 0 Å². The van der Waals surface area contributed by atoms with E-state index in [9.17, 15) is 19.8 Å². The molecule has 45 heavy (non-hydrogen) atoms. The van der Waals surface area contributed by atoms with E-state index in [4.69, 9.17) is 9.47 Å². The van der Waals surface area contributed by atoms with Gasteiger partial charge in [0.15, 0.2) is 0 Å². The van der Waals surface area contributed by atoms with Crippen LogP contribution in [-0.2, 0) is 28.7 Å². The summed E-state index contributed by atoms with van der Waals surface area (Å²) in [5, 5.41) is 31.1. The number of carbonyl (C=O) groups is 2.